The highest BCUT2D eigenvalue weighted by molar-refractivity contribution is 6.56. The zero-order chi connectivity index (χ0) is 21.3. The van der Waals surface area contributed by atoms with E-state index in [2.05, 4.69) is 10.6 Å². The molecule has 0 aliphatic rings. The Bertz CT molecular complexity index is 1030. The van der Waals surface area contributed by atoms with Gasteiger partial charge in [0.25, 0.3) is 0 Å². The first-order chi connectivity index (χ1) is 14.6. The van der Waals surface area contributed by atoms with Gasteiger partial charge in [-0.25, -0.2) is 0 Å². The first kappa shape index (κ1) is 20.9. The summed E-state index contributed by atoms with van der Waals surface area (Å²) in [6.45, 7) is 0. The van der Waals surface area contributed by atoms with Gasteiger partial charge in [-0.05, 0) is 23.3 Å². The highest BCUT2D eigenvalue weighted by atomic mass is 16.5. The monoisotopic (exact) mass is 399 g/mol. The van der Waals surface area contributed by atoms with E-state index >= 15 is 0 Å². The minimum absolute atomic E-state index is 0.0696. The Kier molecular flexibility index (Phi) is 7.00. The quantitative estimate of drug-likeness (QED) is 0.456. The molecule has 5 nitrogen and oxygen atoms in total. The van der Waals surface area contributed by atoms with Gasteiger partial charge >= 0.3 is 0 Å². The van der Waals surface area contributed by atoms with Crippen molar-refractivity contribution in [2.45, 2.75) is 6.04 Å². The number of rotatable bonds is 9. The number of carbonyl (C=O) groups excluding carboxylic acids is 1. The van der Waals surface area contributed by atoms with E-state index in [0.717, 1.165) is 16.8 Å². The van der Waals surface area contributed by atoms with Crippen LogP contribution in [0.3, 0.4) is 0 Å². The van der Waals surface area contributed by atoms with E-state index in [0.29, 0.717) is 11.3 Å². The Morgan fingerprint density at radius 2 is 1.63 bits per heavy atom. The van der Waals surface area contributed by atoms with Crippen LogP contribution in [-0.4, -0.2) is 25.7 Å². The molecule has 0 aliphatic heterocycles. The molecule has 0 saturated heterocycles. The maximum atomic E-state index is 13.5. The minimum atomic E-state index is -0.713. The molecule has 0 fully saturated rings. The van der Waals surface area contributed by atoms with Gasteiger partial charge in [-0.15, -0.1) is 0 Å². The van der Waals surface area contributed by atoms with Crippen LogP contribution in [0.15, 0.2) is 91.1 Å². The molecule has 0 aliphatic carbocycles. The molecule has 0 saturated carbocycles. The first-order valence-electron chi connectivity index (χ1n) is 9.65. The molecular weight excluding hydrogens is 374 g/mol. The number of benzene rings is 3. The Balaban J connectivity index is 1.97. The Morgan fingerprint density at radius 3 is 2.27 bits per heavy atom. The van der Waals surface area contributed by atoms with Gasteiger partial charge in [0.2, 0.25) is 5.78 Å². The smallest absolute Gasteiger partial charge is 0.207 e. The summed E-state index contributed by atoms with van der Waals surface area (Å²) in [7, 11) is 3.35. The third kappa shape index (κ3) is 4.94. The van der Waals surface area contributed by atoms with E-state index in [1.54, 1.807) is 20.4 Å². The number of allylic oxidation sites excluding steroid dienone is 1. The lowest BCUT2D eigenvalue weighted by Crippen LogP contribution is -2.28. The van der Waals surface area contributed by atoms with Crippen molar-refractivity contribution in [2.24, 2.45) is 0 Å². The SMILES string of the molecule is CN/C=C(\C(=N)C(=O)C(Nc1cccc(OC)c1)c1ccccc1)c1ccccc1. The summed E-state index contributed by atoms with van der Waals surface area (Å²) >= 11 is 0. The molecule has 1 atom stereocenters. The van der Waals surface area contributed by atoms with E-state index < -0.39 is 6.04 Å². The summed E-state index contributed by atoms with van der Waals surface area (Å²) < 4.78 is 5.29. The van der Waals surface area contributed by atoms with Crippen LogP contribution < -0.4 is 15.4 Å². The van der Waals surface area contributed by atoms with Crippen LogP contribution >= 0.6 is 0 Å². The predicted octanol–water partition coefficient (Wildman–Crippen LogP) is 4.70. The second-order valence-corrected chi connectivity index (χ2v) is 6.67. The van der Waals surface area contributed by atoms with Crippen LogP contribution in [0.2, 0.25) is 0 Å². The van der Waals surface area contributed by atoms with Gasteiger partial charge in [0, 0.05) is 30.6 Å². The fourth-order valence-corrected chi connectivity index (χ4v) is 3.16. The molecule has 0 heterocycles. The molecule has 3 N–H and O–H groups in total. The molecule has 30 heavy (non-hydrogen) atoms. The van der Waals surface area contributed by atoms with Crippen LogP contribution in [-0.2, 0) is 4.79 Å². The number of methoxy groups -OCH3 is 1. The molecule has 0 bridgehead atoms. The fraction of sp³-hybridized carbons (Fsp3) is 0.120. The van der Waals surface area contributed by atoms with Crippen molar-refractivity contribution in [3.05, 3.63) is 102 Å². The molecule has 0 amide bonds. The van der Waals surface area contributed by atoms with Crippen molar-refractivity contribution in [1.82, 2.24) is 5.32 Å². The van der Waals surface area contributed by atoms with Crippen LogP contribution in [0.5, 0.6) is 5.75 Å². The molecule has 0 spiro atoms. The van der Waals surface area contributed by atoms with Crippen molar-refractivity contribution in [2.75, 3.05) is 19.5 Å². The number of nitrogens with one attached hydrogen (secondary N) is 3. The van der Waals surface area contributed by atoms with Crippen molar-refractivity contribution >= 4 is 22.8 Å². The van der Waals surface area contributed by atoms with Gasteiger partial charge in [0.15, 0.2) is 0 Å². The average molecular weight is 399 g/mol. The van der Waals surface area contributed by atoms with Gasteiger partial charge in [-0.2, -0.15) is 0 Å². The molecule has 0 aromatic heterocycles. The number of carbonyl (C=O) groups is 1. The zero-order valence-electron chi connectivity index (χ0n) is 17.1. The second-order valence-electron chi connectivity index (χ2n) is 6.67. The largest absolute Gasteiger partial charge is 0.497 e. The molecule has 1 unspecified atom stereocenters. The number of Topliss-reactive ketones (excluding diaryl/α,β-unsaturated/α-hetero) is 1. The van der Waals surface area contributed by atoms with E-state index in [9.17, 15) is 4.79 Å². The summed E-state index contributed by atoms with van der Waals surface area (Å²) in [6.07, 6.45) is 1.68. The van der Waals surface area contributed by atoms with Crippen molar-refractivity contribution in [3.63, 3.8) is 0 Å². The van der Waals surface area contributed by atoms with E-state index in [-0.39, 0.29) is 11.5 Å². The van der Waals surface area contributed by atoms with Crippen LogP contribution in [0.4, 0.5) is 5.69 Å². The number of hydrogen-bond donors (Lipinski definition) is 3. The average Bonchev–Trinajstić information content (AvgIpc) is 2.81. The molecule has 3 aromatic carbocycles. The third-order valence-electron chi connectivity index (χ3n) is 4.67. The first-order valence-corrected chi connectivity index (χ1v) is 9.65. The maximum absolute atomic E-state index is 13.5. The van der Waals surface area contributed by atoms with Gasteiger partial charge in [-0.3, -0.25) is 10.2 Å². The summed E-state index contributed by atoms with van der Waals surface area (Å²) in [5.74, 6) is 0.365. The summed E-state index contributed by atoms with van der Waals surface area (Å²) in [6, 6.07) is 25.6. The number of anilines is 1. The predicted molar refractivity (Wildman–Crippen MR) is 122 cm³/mol. The standard InChI is InChI=1S/C25H25N3O2/c1-27-17-22(18-10-5-3-6-11-18)23(26)25(29)24(19-12-7-4-8-13-19)28-20-14-9-15-21(16-20)30-2/h3-17,24,26-28H,1-2H3/b22-17-,26-23?. The van der Waals surface area contributed by atoms with Crippen LogP contribution in [0, 0.1) is 5.41 Å². The van der Waals surface area contributed by atoms with Gasteiger partial charge in [0.1, 0.15) is 17.5 Å². The van der Waals surface area contributed by atoms with E-state index in [1.165, 1.54) is 0 Å². The van der Waals surface area contributed by atoms with E-state index in [4.69, 9.17) is 10.1 Å². The third-order valence-corrected chi connectivity index (χ3v) is 4.67. The van der Waals surface area contributed by atoms with Crippen LogP contribution in [0.25, 0.3) is 5.57 Å². The second kappa shape index (κ2) is 10.1. The molecular formula is C25H25N3O2. The molecule has 3 rings (SSSR count). The fourth-order valence-electron chi connectivity index (χ4n) is 3.16. The summed E-state index contributed by atoms with van der Waals surface area (Å²) in [4.78, 5) is 13.5. The number of ketones is 1. The van der Waals surface area contributed by atoms with Gasteiger partial charge in [0.05, 0.1) is 7.11 Å². The number of hydrogen-bond acceptors (Lipinski definition) is 5. The molecule has 152 valence electrons. The lowest BCUT2D eigenvalue weighted by Gasteiger charge is -2.21. The van der Waals surface area contributed by atoms with E-state index in [1.807, 2.05) is 84.9 Å². The number of ether oxygens (including phenoxy) is 1. The minimum Gasteiger partial charge on any atom is -0.497 e. The van der Waals surface area contributed by atoms with Gasteiger partial charge < -0.3 is 15.4 Å². The Morgan fingerprint density at radius 1 is 0.967 bits per heavy atom. The molecule has 3 aromatic rings. The lowest BCUT2D eigenvalue weighted by molar-refractivity contribution is -0.113. The zero-order valence-corrected chi connectivity index (χ0v) is 17.1. The van der Waals surface area contributed by atoms with Gasteiger partial charge in [-0.1, -0.05) is 66.7 Å². The van der Waals surface area contributed by atoms with Crippen molar-refractivity contribution in [1.29, 1.82) is 5.41 Å². The highest BCUT2D eigenvalue weighted by Crippen LogP contribution is 2.26. The topological polar surface area (TPSA) is 74.2 Å². The highest BCUT2D eigenvalue weighted by Gasteiger charge is 2.27. The molecule has 5 heteroatoms. The van der Waals surface area contributed by atoms with Crippen molar-refractivity contribution in [3.8, 4) is 5.75 Å². The van der Waals surface area contributed by atoms with Crippen LogP contribution in [0.1, 0.15) is 17.2 Å². The maximum Gasteiger partial charge on any atom is 0.207 e. The summed E-state index contributed by atoms with van der Waals surface area (Å²) in [5.41, 5.74) is 2.80. The van der Waals surface area contributed by atoms with Crippen molar-refractivity contribution < 1.29 is 9.53 Å². The molecule has 0 radical (unpaired) electrons. The normalized spacial score (nSPS) is 12.0. The Labute approximate surface area is 176 Å². The lowest BCUT2D eigenvalue weighted by atomic mass is 9.92. The Hall–Kier alpha value is -3.86. The summed E-state index contributed by atoms with van der Waals surface area (Å²) in [5, 5.41) is 14.9.